The van der Waals surface area contributed by atoms with Crippen molar-refractivity contribution in [3.63, 3.8) is 0 Å². The quantitative estimate of drug-likeness (QED) is 0.153. The predicted octanol–water partition coefficient (Wildman–Crippen LogP) is 4.18. The second-order valence-electron chi connectivity index (χ2n) is 18.7. The van der Waals surface area contributed by atoms with E-state index >= 15 is 0 Å². The molecule has 1 unspecified atom stereocenters. The van der Waals surface area contributed by atoms with Crippen LogP contribution in [0, 0.1) is 28.6 Å². The molecular formula is C39H63N5O7S. The number of hydrogen-bond donors (Lipinski definition) is 4. The lowest BCUT2D eigenvalue weighted by atomic mass is 9.83. The Morgan fingerprint density at radius 3 is 2.12 bits per heavy atom. The number of hydrogen-bond acceptors (Lipinski definition) is 7. The van der Waals surface area contributed by atoms with Gasteiger partial charge in [-0.2, -0.15) is 0 Å². The van der Waals surface area contributed by atoms with Crippen LogP contribution in [0.4, 0.5) is 4.79 Å². The van der Waals surface area contributed by atoms with E-state index in [4.69, 9.17) is 0 Å². The van der Waals surface area contributed by atoms with E-state index in [1.807, 2.05) is 20.8 Å². The average molecular weight is 746 g/mol. The number of Topliss-reactive ketones (excluding diaryl/α,β-unsaturated/α-hetero) is 1. The summed E-state index contributed by atoms with van der Waals surface area (Å²) in [4.78, 5) is 70.8. The number of fused-ring (bicyclic) bond motifs is 2. The molecule has 4 aliphatic carbocycles. The van der Waals surface area contributed by atoms with Crippen molar-refractivity contribution < 1.29 is 32.4 Å². The number of rotatable bonds is 14. The summed E-state index contributed by atoms with van der Waals surface area (Å²) in [5.74, 6) is -1.96. The highest BCUT2D eigenvalue weighted by Gasteiger charge is 2.64. The van der Waals surface area contributed by atoms with Crippen LogP contribution in [0.1, 0.15) is 125 Å². The molecule has 0 aromatic heterocycles. The first-order valence-corrected chi connectivity index (χ1v) is 21.2. The van der Waals surface area contributed by atoms with Gasteiger partial charge in [-0.3, -0.25) is 19.2 Å². The molecule has 1 spiro atoms. The summed E-state index contributed by atoms with van der Waals surface area (Å²) < 4.78 is 25.8. The molecular weight excluding hydrogens is 683 g/mol. The van der Waals surface area contributed by atoms with E-state index in [-0.39, 0.29) is 35.5 Å². The minimum atomic E-state index is -3.57. The summed E-state index contributed by atoms with van der Waals surface area (Å²) in [6, 6.07) is -3.48. The third kappa shape index (κ3) is 8.87. The van der Waals surface area contributed by atoms with E-state index in [0.29, 0.717) is 31.7 Å². The molecule has 4 saturated carbocycles. The Labute approximate surface area is 310 Å². The van der Waals surface area contributed by atoms with E-state index in [2.05, 4.69) is 27.8 Å². The number of sulfone groups is 1. The molecule has 1 heterocycles. The maximum atomic E-state index is 14.8. The van der Waals surface area contributed by atoms with Gasteiger partial charge in [0.25, 0.3) is 5.91 Å². The first-order valence-electron chi connectivity index (χ1n) is 19.6. The maximum absolute atomic E-state index is 14.8. The molecule has 12 nitrogen and oxygen atoms in total. The molecule has 52 heavy (non-hydrogen) atoms. The largest absolute Gasteiger partial charge is 0.346 e. The van der Waals surface area contributed by atoms with E-state index in [9.17, 15) is 32.4 Å². The number of carbonyl (C=O) groups excluding carboxylic acids is 5. The van der Waals surface area contributed by atoms with Gasteiger partial charge in [-0.05, 0) is 101 Å². The number of carbonyl (C=O) groups is 5. The van der Waals surface area contributed by atoms with Gasteiger partial charge in [-0.25, -0.2) is 13.2 Å². The van der Waals surface area contributed by atoms with Crippen LogP contribution in [-0.2, 0) is 29.0 Å². The van der Waals surface area contributed by atoms with Gasteiger partial charge >= 0.3 is 6.03 Å². The van der Waals surface area contributed by atoms with E-state index in [1.165, 1.54) is 6.08 Å². The summed E-state index contributed by atoms with van der Waals surface area (Å²) in [6.45, 7) is 14.7. The fourth-order valence-electron chi connectivity index (χ4n) is 8.98. The van der Waals surface area contributed by atoms with E-state index in [1.54, 1.807) is 25.7 Å². The maximum Gasteiger partial charge on any atom is 0.315 e. The summed E-state index contributed by atoms with van der Waals surface area (Å²) in [7, 11) is -3.57. The van der Waals surface area contributed by atoms with Crippen molar-refractivity contribution in [2.45, 2.75) is 153 Å². The van der Waals surface area contributed by atoms with Crippen molar-refractivity contribution in [3.05, 3.63) is 12.7 Å². The summed E-state index contributed by atoms with van der Waals surface area (Å²) in [6.07, 6.45) is 12.1. The third-order valence-electron chi connectivity index (χ3n) is 12.7. The Hall–Kier alpha value is -2.96. The van der Waals surface area contributed by atoms with Gasteiger partial charge in [0.1, 0.15) is 12.1 Å². The molecule has 5 rings (SSSR count). The highest BCUT2D eigenvalue weighted by Crippen LogP contribution is 2.66. The second kappa shape index (κ2) is 15.1. The number of likely N-dealkylation sites (tertiary alicyclic amines) is 1. The van der Waals surface area contributed by atoms with E-state index in [0.717, 1.165) is 64.2 Å². The van der Waals surface area contributed by atoms with Crippen molar-refractivity contribution >= 4 is 39.4 Å². The van der Waals surface area contributed by atoms with Crippen LogP contribution in [0.2, 0.25) is 0 Å². The van der Waals surface area contributed by atoms with Gasteiger partial charge in [0.2, 0.25) is 17.6 Å². The Morgan fingerprint density at radius 2 is 1.56 bits per heavy atom. The zero-order chi connectivity index (χ0) is 38.3. The molecule has 0 radical (unpaired) electrons. The van der Waals surface area contributed by atoms with E-state index < -0.39 is 67.3 Å². The molecule has 292 valence electrons. The molecule has 4 N–H and O–H groups in total. The minimum Gasteiger partial charge on any atom is -0.346 e. The topological polar surface area (TPSA) is 171 Å². The molecule has 0 bridgehead atoms. The van der Waals surface area contributed by atoms with Crippen molar-refractivity contribution in [2.24, 2.45) is 28.6 Å². The first kappa shape index (κ1) is 40.2. The van der Waals surface area contributed by atoms with Crippen LogP contribution in [0.15, 0.2) is 12.7 Å². The van der Waals surface area contributed by atoms with Gasteiger partial charge < -0.3 is 26.2 Å². The Kier molecular flexibility index (Phi) is 11.6. The predicted molar refractivity (Wildman–Crippen MR) is 200 cm³/mol. The van der Waals surface area contributed by atoms with Gasteiger partial charge in [0.05, 0.1) is 22.1 Å². The molecule has 5 atom stereocenters. The minimum absolute atomic E-state index is 0.0946. The normalized spacial score (nSPS) is 26.1. The fraction of sp³-hybridized carbons (Fsp3) is 0.821. The first-order chi connectivity index (χ1) is 24.2. The van der Waals surface area contributed by atoms with Crippen molar-refractivity contribution in [1.82, 2.24) is 26.2 Å². The molecule has 1 saturated heterocycles. The van der Waals surface area contributed by atoms with Gasteiger partial charge in [-0.1, -0.05) is 59.0 Å². The lowest BCUT2D eigenvalue weighted by molar-refractivity contribution is -0.144. The van der Waals surface area contributed by atoms with Crippen LogP contribution in [0.3, 0.4) is 0 Å². The highest BCUT2D eigenvalue weighted by molar-refractivity contribution is 7.92. The number of amides is 5. The van der Waals surface area contributed by atoms with Crippen molar-refractivity contribution in [3.8, 4) is 0 Å². The molecule has 0 aromatic rings. The molecule has 5 amide bonds. The highest BCUT2D eigenvalue weighted by atomic mass is 32.2. The second-order valence-corrected chi connectivity index (χ2v) is 21.4. The number of ketones is 1. The monoisotopic (exact) mass is 745 g/mol. The smallest absolute Gasteiger partial charge is 0.315 e. The van der Waals surface area contributed by atoms with Gasteiger partial charge in [0, 0.05) is 13.1 Å². The molecule has 0 aromatic carbocycles. The van der Waals surface area contributed by atoms with Gasteiger partial charge in [-0.15, -0.1) is 6.58 Å². The summed E-state index contributed by atoms with van der Waals surface area (Å²) in [5, 5.41) is 11.4. The Bertz CT molecular complexity index is 1520. The lowest BCUT2D eigenvalue weighted by Gasteiger charge is -2.41. The Balaban J connectivity index is 1.38. The zero-order valence-corrected chi connectivity index (χ0v) is 33.1. The standard InChI is InChI=1S/C39H63N5O7S/c1-8-22-40-33(47)30(45)28(15-14-25-12-13-25)41-32(46)29-26-16-19-38(20-21-38)27(26)23-44(29)34(48)31(36(2,3)4)42-35(49)43-39(17-10-9-11-18-39)24-52(50,51)37(5,6)7/h8,25-29,31H,1,9-24H2,2-7H3,(H,40,47)(H,41,46)(H2,42,43,49)/t26-,27-,28?,29-,31+/m0/s1. The molecule has 13 heteroatoms. The van der Waals surface area contributed by atoms with Crippen molar-refractivity contribution in [2.75, 3.05) is 18.8 Å². The van der Waals surface area contributed by atoms with Crippen LogP contribution in [0.5, 0.6) is 0 Å². The Morgan fingerprint density at radius 1 is 0.904 bits per heavy atom. The van der Waals surface area contributed by atoms with Crippen LogP contribution in [0.25, 0.3) is 0 Å². The third-order valence-corrected chi connectivity index (χ3v) is 15.5. The van der Waals surface area contributed by atoms with Gasteiger partial charge in [0.15, 0.2) is 9.84 Å². The van der Waals surface area contributed by atoms with Crippen LogP contribution in [-0.4, -0.2) is 90.1 Å². The average Bonchev–Trinajstić information content (AvgIpc) is 3.97. The lowest BCUT2D eigenvalue weighted by Crippen LogP contribution is -2.64. The molecule has 5 fully saturated rings. The molecule has 1 aliphatic heterocycles. The van der Waals surface area contributed by atoms with Crippen LogP contribution < -0.4 is 21.3 Å². The number of urea groups is 1. The molecule has 5 aliphatic rings. The van der Waals surface area contributed by atoms with Crippen molar-refractivity contribution in [1.29, 1.82) is 0 Å². The van der Waals surface area contributed by atoms with Crippen LogP contribution >= 0.6 is 0 Å². The SMILES string of the molecule is C=CCNC(=O)C(=O)C(CCC1CC1)NC(=O)[C@@H]1[C@H]2CCC3(CC3)[C@H]2CN1C(=O)[C@@H](NC(=O)NC1(CS(=O)(=O)C(C)(C)C)CCCCC1)C(C)(C)C. The zero-order valence-electron chi connectivity index (χ0n) is 32.3. The fourth-order valence-corrected chi connectivity index (χ4v) is 10.5. The number of nitrogens with one attached hydrogen (secondary N) is 4. The summed E-state index contributed by atoms with van der Waals surface area (Å²) >= 11 is 0. The summed E-state index contributed by atoms with van der Waals surface area (Å²) in [5.41, 5.74) is -1.60. The number of nitrogens with zero attached hydrogens (tertiary/aromatic N) is 1.